The first kappa shape index (κ1) is 17.0. The normalized spacial score (nSPS) is 20.0. The van der Waals surface area contributed by atoms with Gasteiger partial charge in [-0.2, -0.15) is 0 Å². The van der Waals surface area contributed by atoms with E-state index in [1.807, 2.05) is 6.92 Å². The molecule has 1 fully saturated rings. The Labute approximate surface area is 131 Å². The molecule has 0 bridgehead atoms. The largest absolute Gasteiger partial charge is 0.467 e. The van der Waals surface area contributed by atoms with E-state index in [0.29, 0.717) is 25.3 Å². The lowest BCUT2D eigenvalue weighted by Gasteiger charge is -2.31. The summed E-state index contributed by atoms with van der Waals surface area (Å²) in [5.41, 5.74) is 0. The molecule has 1 aliphatic heterocycles. The van der Waals surface area contributed by atoms with Gasteiger partial charge in [0.25, 0.3) is 0 Å². The van der Waals surface area contributed by atoms with Crippen molar-refractivity contribution in [1.82, 2.24) is 9.62 Å². The SMILES string of the molecule is CCCCS(=O)(=O)N1CCC[C@@H](C(=O)NCc2ccco2)C1. The van der Waals surface area contributed by atoms with E-state index < -0.39 is 10.0 Å². The maximum Gasteiger partial charge on any atom is 0.224 e. The molecule has 0 saturated carbocycles. The summed E-state index contributed by atoms with van der Waals surface area (Å²) in [5.74, 6) is 0.480. The predicted molar refractivity (Wildman–Crippen MR) is 83.5 cm³/mol. The van der Waals surface area contributed by atoms with Gasteiger partial charge in [0.15, 0.2) is 0 Å². The van der Waals surface area contributed by atoms with Crippen LogP contribution in [0.15, 0.2) is 22.8 Å². The average molecular weight is 328 g/mol. The van der Waals surface area contributed by atoms with Crippen LogP contribution in [0.3, 0.4) is 0 Å². The summed E-state index contributed by atoms with van der Waals surface area (Å²) in [6, 6.07) is 3.56. The van der Waals surface area contributed by atoms with E-state index in [-0.39, 0.29) is 24.1 Å². The van der Waals surface area contributed by atoms with Crippen LogP contribution in [0.5, 0.6) is 0 Å². The van der Waals surface area contributed by atoms with Gasteiger partial charge in [-0.15, -0.1) is 0 Å². The van der Waals surface area contributed by atoms with Crippen LogP contribution in [0.2, 0.25) is 0 Å². The van der Waals surface area contributed by atoms with Gasteiger partial charge >= 0.3 is 0 Å². The Morgan fingerprint density at radius 3 is 3.00 bits per heavy atom. The molecule has 0 aromatic carbocycles. The molecule has 0 spiro atoms. The molecule has 1 aliphatic rings. The minimum absolute atomic E-state index is 0.105. The number of carbonyl (C=O) groups is 1. The van der Waals surface area contributed by atoms with Crippen LogP contribution in [-0.4, -0.2) is 37.5 Å². The second-order valence-electron chi connectivity index (χ2n) is 5.66. The minimum Gasteiger partial charge on any atom is -0.467 e. The standard InChI is InChI=1S/C15H24N2O4S/c1-2-3-10-22(19,20)17-8-4-6-13(12-17)15(18)16-11-14-7-5-9-21-14/h5,7,9,13H,2-4,6,8,10-12H2,1H3,(H,16,18)/t13-/m1/s1. The molecule has 0 radical (unpaired) electrons. The summed E-state index contributed by atoms with van der Waals surface area (Å²) in [6.07, 6.45) is 4.52. The Balaban J connectivity index is 1.88. The molecular weight excluding hydrogens is 304 g/mol. The molecule has 2 heterocycles. The third-order valence-electron chi connectivity index (χ3n) is 3.92. The van der Waals surface area contributed by atoms with Crippen molar-refractivity contribution in [3.05, 3.63) is 24.2 Å². The molecule has 1 aromatic heterocycles. The molecule has 2 rings (SSSR count). The zero-order valence-electron chi connectivity index (χ0n) is 13.0. The van der Waals surface area contributed by atoms with Gasteiger partial charge in [-0.25, -0.2) is 12.7 Å². The summed E-state index contributed by atoms with van der Waals surface area (Å²) in [6.45, 7) is 3.12. The molecule has 1 amide bonds. The quantitative estimate of drug-likeness (QED) is 0.827. The Bertz CT molecular complexity index is 568. The monoisotopic (exact) mass is 328 g/mol. The summed E-state index contributed by atoms with van der Waals surface area (Å²) < 4.78 is 31.1. The topological polar surface area (TPSA) is 79.6 Å². The molecule has 22 heavy (non-hydrogen) atoms. The van der Waals surface area contributed by atoms with Gasteiger partial charge in [0, 0.05) is 13.1 Å². The Kier molecular flexibility index (Phi) is 6.02. The van der Waals surface area contributed by atoms with Crippen molar-refractivity contribution >= 4 is 15.9 Å². The molecule has 0 unspecified atom stereocenters. The summed E-state index contributed by atoms with van der Waals surface area (Å²) >= 11 is 0. The fraction of sp³-hybridized carbons (Fsp3) is 0.667. The van der Waals surface area contributed by atoms with Gasteiger partial charge in [-0.1, -0.05) is 13.3 Å². The zero-order valence-corrected chi connectivity index (χ0v) is 13.8. The second kappa shape index (κ2) is 7.78. The molecule has 1 saturated heterocycles. The van der Waals surface area contributed by atoms with Crippen LogP contribution in [-0.2, 0) is 21.4 Å². The number of sulfonamides is 1. The first-order valence-electron chi connectivity index (χ1n) is 7.81. The molecule has 6 nitrogen and oxygen atoms in total. The van der Waals surface area contributed by atoms with E-state index in [9.17, 15) is 13.2 Å². The lowest BCUT2D eigenvalue weighted by atomic mass is 9.99. The van der Waals surface area contributed by atoms with Gasteiger partial charge in [-0.3, -0.25) is 4.79 Å². The molecule has 7 heteroatoms. The van der Waals surface area contributed by atoms with Gasteiger partial charge in [0.2, 0.25) is 15.9 Å². The van der Waals surface area contributed by atoms with Crippen molar-refractivity contribution in [2.45, 2.75) is 39.2 Å². The minimum atomic E-state index is -3.24. The fourth-order valence-corrected chi connectivity index (χ4v) is 4.32. The lowest BCUT2D eigenvalue weighted by molar-refractivity contribution is -0.126. The number of nitrogens with one attached hydrogen (secondary N) is 1. The molecule has 124 valence electrons. The third kappa shape index (κ3) is 4.58. The van der Waals surface area contributed by atoms with Crippen molar-refractivity contribution in [1.29, 1.82) is 0 Å². The summed E-state index contributed by atoms with van der Waals surface area (Å²) in [7, 11) is -3.24. The number of piperidine rings is 1. The van der Waals surface area contributed by atoms with E-state index in [2.05, 4.69) is 5.32 Å². The van der Waals surface area contributed by atoms with Gasteiger partial charge < -0.3 is 9.73 Å². The van der Waals surface area contributed by atoms with Crippen molar-refractivity contribution in [2.75, 3.05) is 18.8 Å². The lowest BCUT2D eigenvalue weighted by Crippen LogP contribution is -2.45. The van der Waals surface area contributed by atoms with Crippen LogP contribution < -0.4 is 5.32 Å². The van der Waals surface area contributed by atoms with E-state index in [1.54, 1.807) is 18.4 Å². The van der Waals surface area contributed by atoms with E-state index in [4.69, 9.17) is 4.42 Å². The summed E-state index contributed by atoms with van der Waals surface area (Å²) in [4.78, 5) is 12.2. The number of nitrogens with zero attached hydrogens (tertiary/aromatic N) is 1. The number of amides is 1. The van der Waals surface area contributed by atoms with Crippen LogP contribution in [0.25, 0.3) is 0 Å². The van der Waals surface area contributed by atoms with Crippen LogP contribution in [0, 0.1) is 5.92 Å². The van der Waals surface area contributed by atoms with Crippen LogP contribution >= 0.6 is 0 Å². The number of rotatable bonds is 7. The first-order chi connectivity index (χ1) is 10.5. The Morgan fingerprint density at radius 1 is 1.50 bits per heavy atom. The second-order valence-corrected chi connectivity index (χ2v) is 7.75. The highest BCUT2D eigenvalue weighted by Crippen LogP contribution is 2.20. The maximum absolute atomic E-state index is 12.2. The molecule has 0 aliphatic carbocycles. The Hall–Kier alpha value is -1.34. The van der Waals surface area contributed by atoms with Gasteiger partial charge in [0.05, 0.1) is 24.5 Å². The first-order valence-corrected chi connectivity index (χ1v) is 9.41. The third-order valence-corrected chi connectivity index (χ3v) is 5.84. The highest BCUT2D eigenvalue weighted by molar-refractivity contribution is 7.89. The molecule has 1 atom stereocenters. The number of furan rings is 1. The van der Waals surface area contributed by atoms with Crippen molar-refractivity contribution in [3.8, 4) is 0 Å². The van der Waals surface area contributed by atoms with Crippen molar-refractivity contribution in [3.63, 3.8) is 0 Å². The van der Waals surface area contributed by atoms with Crippen LogP contribution in [0.1, 0.15) is 38.4 Å². The maximum atomic E-state index is 12.2. The van der Waals surface area contributed by atoms with E-state index >= 15 is 0 Å². The summed E-state index contributed by atoms with van der Waals surface area (Å²) in [5, 5.41) is 2.82. The zero-order chi connectivity index (χ0) is 16.0. The number of hydrogen-bond acceptors (Lipinski definition) is 4. The number of unbranched alkanes of at least 4 members (excludes halogenated alkanes) is 1. The van der Waals surface area contributed by atoms with Gasteiger partial charge in [0.1, 0.15) is 5.76 Å². The Morgan fingerprint density at radius 2 is 2.32 bits per heavy atom. The molecular formula is C15H24N2O4S. The predicted octanol–water partition coefficient (Wildman–Crippen LogP) is 1.74. The van der Waals surface area contributed by atoms with E-state index in [1.165, 1.54) is 4.31 Å². The van der Waals surface area contributed by atoms with Crippen molar-refractivity contribution in [2.24, 2.45) is 5.92 Å². The van der Waals surface area contributed by atoms with Crippen LogP contribution in [0.4, 0.5) is 0 Å². The van der Waals surface area contributed by atoms with Gasteiger partial charge in [-0.05, 0) is 31.4 Å². The van der Waals surface area contributed by atoms with E-state index in [0.717, 1.165) is 19.3 Å². The van der Waals surface area contributed by atoms with Crippen molar-refractivity contribution < 1.29 is 17.6 Å². The fourth-order valence-electron chi connectivity index (χ4n) is 2.60. The smallest absolute Gasteiger partial charge is 0.224 e. The molecule has 1 aromatic rings. The number of hydrogen-bond donors (Lipinski definition) is 1. The number of carbonyl (C=O) groups excluding carboxylic acids is 1. The highest BCUT2D eigenvalue weighted by Gasteiger charge is 2.31. The highest BCUT2D eigenvalue weighted by atomic mass is 32.2. The average Bonchev–Trinajstić information content (AvgIpc) is 3.04. The molecule has 1 N–H and O–H groups in total.